The molecule has 2 N–H and O–H groups in total. The molecule has 74 valence electrons. The molecule has 0 aromatic heterocycles. The Morgan fingerprint density at radius 2 is 2.29 bits per heavy atom. The van der Waals surface area contributed by atoms with Gasteiger partial charge in [-0.3, -0.25) is 0 Å². The Morgan fingerprint density at radius 3 is 2.86 bits per heavy atom. The van der Waals surface area contributed by atoms with Gasteiger partial charge in [-0.15, -0.1) is 0 Å². The lowest BCUT2D eigenvalue weighted by Gasteiger charge is -2.10. The lowest BCUT2D eigenvalue weighted by molar-refractivity contribution is 0.247. The lowest BCUT2D eigenvalue weighted by atomic mass is 10.1. The molecule has 1 aromatic carbocycles. The standard InChI is InChI=1S/C10H11ClN2O/c1-6-4-7(2-3-8(6)11)9-5-12-10(14)13-9/h2-4,9H,5H2,1H3,(H2,12,13,14)/t9-/m1/s1. The van der Waals surface area contributed by atoms with Gasteiger partial charge in [0.15, 0.2) is 0 Å². The van der Waals surface area contributed by atoms with Crippen molar-refractivity contribution in [3.8, 4) is 0 Å². The van der Waals surface area contributed by atoms with Crippen molar-refractivity contribution in [1.82, 2.24) is 10.6 Å². The highest BCUT2D eigenvalue weighted by Gasteiger charge is 2.21. The van der Waals surface area contributed by atoms with E-state index in [4.69, 9.17) is 11.6 Å². The maximum Gasteiger partial charge on any atom is 0.315 e. The largest absolute Gasteiger partial charge is 0.336 e. The highest BCUT2D eigenvalue weighted by molar-refractivity contribution is 6.31. The number of urea groups is 1. The third kappa shape index (κ3) is 1.68. The lowest BCUT2D eigenvalue weighted by Crippen LogP contribution is -2.21. The van der Waals surface area contributed by atoms with E-state index < -0.39 is 0 Å². The van der Waals surface area contributed by atoms with Crippen LogP contribution in [0.15, 0.2) is 18.2 Å². The van der Waals surface area contributed by atoms with Crippen LogP contribution in [0.2, 0.25) is 5.02 Å². The second kappa shape index (κ2) is 3.50. The Bertz CT molecular complexity index is 378. The maximum atomic E-state index is 10.9. The molecule has 14 heavy (non-hydrogen) atoms. The van der Waals surface area contributed by atoms with E-state index in [1.54, 1.807) is 0 Å². The van der Waals surface area contributed by atoms with Gasteiger partial charge in [0, 0.05) is 11.6 Å². The summed E-state index contributed by atoms with van der Waals surface area (Å²) in [5.41, 5.74) is 2.12. The number of aryl methyl sites for hydroxylation is 1. The van der Waals surface area contributed by atoms with Crippen molar-refractivity contribution < 1.29 is 4.79 Å². The molecule has 1 atom stereocenters. The smallest absolute Gasteiger partial charge is 0.315 e. The molecule has 1 heterocycles. The van der Waals surface area contributed by atoms with E-state index in [1.165, 1.54) is 0 Å². The van der Waals surface area contributed by atoms with Gasteiger partial charge in [0.1, 0.15) is 0 Å². The van der Waals surface area contributed by atoms with Crippen molar-refractivity contribution in [2.45, 2.75) is 13.0 Å². The van der Waals surface area contributed by atoms with Gasteiger partial charge in [-0.25, -0.2) is 4.79 Å². The number of rotatable bonds is 1. The Kier molecular flexibility index (Phi) is 2.33. The number of carbonyl (C=O) groups is 1. The zero-order valence-electron chi connectivity index (χ0n) is 7.80. The molecule has 4 heteroatoms. The number of nitrogens with one attached hydrogen (secondary N) is 2. The fraction of sp³-hybridized carbons (Fsp3) is 0.300. The number of benzene rings is 1. The van der Waals surface area contributed by atoms with Crippen LogP contribution in [-0.4, -0.2) is 12.6 Å². The van der Waals surface area contributed by atoms with Crippen LogP contribution in [0.3, 0.4) is 0 Å². The minimum Gasteiger partial charge on any atom is -0.336 e. The summed E-state index contributed by atoms with van der Waals surface area (Å²) >= 11 is 5.91. The summed E-state index contributed by atoms with van der Waals surface area (Å²) < 4.78 is 0. The van der Waals surface area contributed by atoms with E-state index in [-0.39, 0.29) is 12.1 Å². The predicted octanol–water partition coefficient (Wildman–Crippen LogP) is 2.00. The zero-order valence-corrected chi connectivity index (χ0v) is 8.56. The van der Waals surface area contributed by atoms with Crippen LogP contribution >= 0.6 is 11.6 Å². The van der Waals surface area contributed by atoms with Gasteiger partial charge < -0.3 is 10.6 Å². The van der Waals surface area contributed by atoms with E-state index in [9.17, 15) is 4.79 Å². The quantitative estimate of drug-likeness (QED) is 0.732. The Balaban J connectivity index is 2.24. The molecule has 3 nitrogen and oxygen atoms in total. The van der Waals surface area contributed by atoms with E-state index in [1.807, 2.05) is 25.1 Å². The van der Waals surface area contributed by atoms with Crippen molar-refractivity contribution in [2.75, 3.05) is 6.54 Å². The third-order valence-electron chi connectivity index (χ3n) is 2.36. The van der Waals surface area contributed by atoms with Crippen LogP contribution < -0.4 is 10.6 Å². The maximum absolute atomic E-state index is 10.9. The minimum atomic E-state index is -0.109. The van der Waals surface area contributed by atoms with Crippen molar-refractivity contribution in [3.05, 3.63) is 34.3 Å². The summed E-state index contributed by atoms with van der Waals surface area (Å²) in [6, 6.07) is 5.76. The van der Waals surface area contributed by atoms with Gasteiger partial charge in [-0.2, -0.15) is 0 Å². The van der Waals surface area contributed by atoms with Crippen molar-refractivity contribution in [2.24, 2.45) is 0 Å². The van der Waals surface area contributed by atoms with Crippen molar-refractivity contribution in [3.63, 3.8) is 0 Å². The normalized spacial score (nSPS) is 20.4. The number of halogens is 1. The van der Waals surface area contributed by atoms with Crippen molar-refractivity contribution in [1.29, 1.82) is 0 Å². The van der Waals surface area contributed by atoms with Gasteiger partial charge in [0.05, 0.1) is 6.04 Å². The number of hydrogen-bond donors (Lipinski definition) is 2. The van der Waals surface area contributed by atoms with Gasteiger partial charge in [0.2, 0.25) is 0 Å². The monoisotopic (exact) mass is 210 g/mol. The molecular weight excluding hydrogens is 200 g/mol. The molecule has 0 bridgehead atoms. The van der Waals surface area contributed by atoms with Crippen LogP contribution in [0.25, 0.3) is 0 Å². The highest BCUT2D eigenvalue weighted by atomic mass is 35.5. The van der Waals surface area contributed by atoms with Crippen LogP contribution in [0.4, 0.5) is 4.79 Å². The average molecular weight is 211 g/mol. The van der Waals surface area contributed by atoms with Crippen molar-refractivity contribution >= 4 is 17.6 Å². The fourth-order valence-electron chi connectivity index (χ4n) is 1.54. The average Bonchev–Trinajstić information content (AvgIpc) is 2.57. The molecule has 2 rings (SSSR count). The molecule has 0 unspecified atom stereocenters. The van der Waals surface area contributed by atoms with E-state index in [2.05, 4.69) is 10.6 Å². The molecule has 0 radical (unpaired) electrons. The Labute approximate surface area is 87.4 Å². The summed E-state index contributed by atoms with van der Waals surface area (Å²) in [4.78, 5) is 10.9. The van der Waals surface area contributed by atoms with E-state index in [0.717, 1.165) is 16.1 Å². The van der Waals surface area contributed by atoms with Crippen LogP contribution in [-0.2, 0) is 0 Å². The molecule has 1 aliphatic rings. The molecule has 1 fully saturated rings. The first kappa shape index (κ1) is 9.34. The first-order valence-electron chi connectivity index (χ1n) is 4.47. The molecular formula is C10H11ClN2O. The molecule has 1 saturated heterocycles. The number of amides is 2. The molecule has 0 spiro atoms. The molecule has 2 amide bonds. The summed E-state index contributed by atoms with van der Waals surface area (Å²) in [7, 11) is 0. The van der Waals surface area contributed by atoms with Gasteiger partial charge in [-0.05, 0) is 24.1 Å². The van der Waals surface area contributed by atoms with Crippen LogP contribution in [0.5, 0.6) is 0 Å². The highest BCUT2D eigenvalue weighted by Crippen LogP contribution is 2.21. The number of carbonyl (C=O) groups excluding carboxylic acids is 1. The van der Waals surface area contributed by atoms with Gasteiger partial charge >= 0.3 is 6.03 Å². The molecule has 0 saturated carbocycles. The van der Waals surface area contributed by atoms with E-state index >= 15 is 0 Å². The van der Waals surface area contributed by atoms with Gasteiger partial charge in [0.25, 0.3) is 0 Å². The predicted molar refractivity (Wildman–Crippen MR) is 55.5 cm³/mol. The van der Waals surface area contributed by atoms with Crippen LogP contribution in [0.1, 0.15) is 17.2 Å². The second-order valence-electron chi connectivity index (χ2n) is 3.42. The van der Waals surface area contributed by atoms with E-state index in [0.29, 0.717) is 6.54 Å². The summed E-state index contributed by atoms with van der Waals surface area (Å²) in [5, 5.41) is 6.30. The topological polar surface area (TPSA) is 41.1 Å². The number of hydrogen-bond acceptors (Lipinski definition) is 1. The summed E-state index contributed by atoms with van der Waals surface area (Å²) in [6.07, 6.45) is 0. The second-order valence-corrected chi connectivity index (χ2v) is 3.82. The minimum absolute atomic E-state index is 0.0680. The van der Waals surface area contributed by atoms with Crippen LogP contribution in [0, 0.1) is 6.92 Å². The molecule has 1 aromatic rings. The molecule has 0 aliphatic carbocycles. The summed E-state index contributed by atoms with van der Waals surface area (Å²) in [6.45, 7) is 2.59. The molecule has 1 aliphatic heterocycles. The zero-order chi connectivity index (χ0) is 10.1. The van der Waals surface area contributed by atoms with Gasteiger partial charge in [-0.1, -0.05) is 23.7 Å². The third-order valence-corrected chi connectivity index (χ3v) is 2.78. The summed E-state index contributed by atoms with van der Waals surface area (Å²) in [5.74, 6) is 0. The SMILES string of the molecule is Cc1cc([C@H]2CNC(=O)N2)ccc1Cl. The Hall–Kier alpha value is -1.22. The first-order chi connectivity index (χ1) is 6.66. The first-order valence-corrected chi connectivity index (χ1v) is 4.85. The fourth-order valence-corrected chi connectivity index (χ4v) is 1.66. The Morgan fingerprint density at radius 1 is 1.50 bits per heavy atom.